The van der Waals surface area contributed by atoms with E-state index in [-0.39, 0.29) is 5.82 Å². The van der Waals surface area contributed by atoms with Crippen LogP contribution in [0, 0.1) is 11.2 Å². The van der Waals surface area contributed by atoms with Crippen molar-refractivity contribution in [3.63, 3.8) is 0 Å². The monoisotopic (exact) mass is 280 g/mol. The Morgan fingerprint density at radius 1 is 1.47 bits per heavy atom. The molecule has 0 radical (unpaired) electrons. The fraction of sp³-hybridized carbons (Fsp3) is 0.533. The molecule has 0 amide bonds. The van der Waals surface area contributed by atoms with Crippen molar-refractivity contribution in [3.8, 4) is 0 Å². The van der Waals surface area contributed by atoms with Crippen LogP contribution in [0.25, 0.3) is 0 Å². The normalized spacial score (nSPS) is 19.3. The molecule has 1 aromatic carbocycles. The first kappa shape index (κ1) is 14.4. The highest BCUT2D eigenvalue weighted by Crippen LogP contribution is 2.29. The van der Waals surface area contributed by atoms with Crippen molar-refractivity contribution in [1.29, 1.82) is 0 Å². The molecule has 1 heterocycles. The van der Waals surface area contributed by atoms with Gasteiger partial charge in [-0.15, -0.1) is 0 Å². The van der Waals surface area contributed by atoms with Crippen LogP contribution in [-0.4, -0.2) is 23.0 Å². The van der Waals surface area contributed by atoms with E-state index in [0.29, 0.717) is 16.9 Å². The molecule has 0 atom stereocenters. The van der Waals surface area contributed by atoms with Gasteiger partial charge >= 0.3 is 0 Å². The molecule has 1 saturated heterocycles. The predicted octanol–water partition coefficient (Wildman–Crippen LogP) is 3.08. The van der Waals surface area contributed by atoms with Gasteiger partial charge in [-0.05, 0) is 48.6 Å². The first-order valence-corrected chi connectivity index (χ1v) is 7.09. The maximum absolute atomic E-state index is 13.4. The molecule has 104 valence electrons. The summed E-state index contributed by atoms with van der Waals surface area (Å²) in [6.45, 7) is 7.35. The van der Waals surface area contributed by atoms with Gasteiger partial charge in [-0.2, -0.15) is 0 Å². The lowest BCUT2D eigenvalue weighted by Crippen LogP contribution is -2.39. The zero-order valence-corrected chi connectivity index (χ0v) is 12.4. The Hall–Kier alpha value is -1.00. The Morgan fingerprint density at radius 2 is 2.21 bits per heavy atom. The molecule has 0 aliphatic carbocycles. The van der Waals surface area contributed by atoms with E-state index in [1.54, 1.807) is 12.1 Å². The van der Waals surface area contributed by atoms with Crippen LogP contribution in [0.4, 0.5) is 4.39 Å². The van der Waals surface area contributed by atoms with E-state index < -0.39 is 0 Å². The Labute approximate surface area is 119 Å². The molecule has 1 aliphatic rings. The molecule has 0 spiro atoms. The summed E-state index contributed by atoms with van der Waals surface area (Å²) in [5, 5.41) is 0. The molecule has 0 aromatic heterocycles. The standard InChI is InChI=1S/C15H21FN2S/c1-15(2)6-3-7-18(10-15)9-11-8-12(16)4-5-13(11)14(17)19/h4-5,8H,3,6-7,9-10H2,1-2H3,(H2,17,19). The van der Waals surface area contributed by atoms with E-state index in [9.17, 15) is 4.39 Å². The van der Waals surface area contributed by atoms with Crippen LogP contribution < -0.4 is 5.73 Å². The first-order chi connectivity index (χ1) is 8.87. The van der Waals surface area contributed by atoms with Gasteiger partial charge in [0.15, 0.2) is 0 Å². The number of likely N-dealkylation sites (tertiary alicyclic amines) is 1. The van der Waals surface area contributed by atoms with Gasteiger partial charge in [-0.1, -0.05) is 26.1 Å². The van der Waals surface area contributed by atoms with Crippen LogP contribution in [0.5, 0.6) is 0 Å². The smallest absolute Gasteiger partial charge is 0.123 e. The summed E-state index contributed by atoms with van der Waals surface area (Å²) in [4.78, 5) is 2.70. The van der Waals surface area contributed by atoms with Gasteiger partial charge in [0.05, 0.1) is 0 Å². The average Bonchev–Trinajstić information content (AvgIpc) is 2.27. The molecular formula is C15H21FN2S. The second-order valence-electron chi connectivity index (χ2n) is 6.14. The molecule has 1 fully saturated rings. The third-order valence-corrected chi connectivity index (χ3v) is 3.93. The number of thiocarbonyl (C=S) groups is 1. The second-order valence-corrected chi connectivity index (χ2v) is 6.58. The second kappa shape index (κ2) is 5.55. The fourth-order valence-corrected chi connectivity index (χ4v) is 3.05. The third kappa shape index (κ3) is 3.74. The topological polar surface area (TPSA) is 29.3 Å². The highest BCUT2D eigenvalue weighted by atomic mass is 32.1. The van der Waals surface area contributed by atoms with E-state index in [0.717, 1.165) is 24.2 Å². The summed E-state index contributed by atoms with van der Waals surface area (Å²) in [5.41, 5.74) is 7.73. The molecule has 2 nitrogen and oxygen atoms in total. The summed E-state index contributed by atoms with van der Waals surface area (Å²) in [6.07, 6.45) is 2.43. The fourth-order valence-electron chi connectivity index (χ4n) is 2.85. The lowest BCUT2D eigenvalue weighted by atomic mass is 9.84. The molecule has 1 aliphatic heterocycles. The predicted molar refractivity (Wildman–Crippen MR) is 80.6 cm³/mol. The van der Waals surface area contributed by atoms with Gasteiger partial charge in [0.2, 0.25) is 0 Å². The maximum atomic E-state index is 13.4. The van der Waals surface area contributed by atoms with Crippen LogP contribution in [0.3, 0.4) is 0 Å². The highest BCUT2D eigenvalue weighted by Gasteiger charge is 2.26. The van der Waals surface area contributed by atoms with Gasteiger partial charge in [0, 0.05) is 18.7 Å². The van der Waals surface area contributed by atoms with E-state index >= 15 is 0 Å². The van der Waals surface area contributed by atoms with Crippen LogP contribution in [-0.2, 0) is 6.54 Å². The minimum atomic E-state index is -0.230. The first-order valence-electron chi connectivity index (χ1n) is 6.68. The molecule has 2 rings (SSSR count). The number of nitrogens with two attached hydrogens (primary N) is 1. The Morgan fingerprint density at radius 3 is 2.84 bits per heavy atom. The molecule has 1 aromatic rings. The van der Waals surface area contributed by atoms with Crippen LogP contribution >= 0.6 is 12.2 Å². The zero-order chi connectivity index (χ0) is 14.0. The van der Waals surface area contributed by atoms with Crippen LogP contribution in [0.2, 0.25) is 0 Å². The summed E-state index contributed by atoms with van der Waals surface area (Å²) in [6, 6.07) is 4.65. The highest BCUT2D eigenvalue weighted by molar-refractivity contribution is 7.80. The number of benzene rings is 1. The number of hydrogen-bond acceptors (Lipinski definition) is 2. The minimum absolute atomic E-state index is 0.230. The van der Waals surface area contributed by atoms with Gasteiger partial charge < -0.3 is 5.73 Å². The Bertz CT molecular complexity index is 485. The van der Waals surface area contributed by atoms with Crippen molar-refractivity contribution in [2.75, 3.05) is 13.1 Å². The SMILES string of the molecule is CC1(C)CCCN(Cc2cc(F)ccc2C(N)=S)C1. The van der Waals surface area contributed by atoms with E-state index in [1.165, 1.54) is 18.9 Å². The van der Waals surface area contributed by atoms with Gasteiger partial charge in [-0.25, -0.2) is 4.39 Å². The van der Waals surface area contributed by atoms with Crippen molar-refractivity contribution >= 4 is 17.2 Å². The Balaban J connectivity index is 2.18. The van der Waals surface area contributed by atoms with Crippen molar-refractivity contribution in [2.45, 2.75) is 33.2 Å². The number of hydrogen-bond donors (Lipinski definition) is 1. The number of nitrogens with zero attached hydrogens (tertiary/aromatic N) is 1. The minimum Gasteiger partial charge on any atom is -0.389 e. The van der Waals surface area contributed by atoms with Gasteiger partial charge in [0.1, 0.15) is 10.8 Å². The van der Waals surface area contributed by atoms with Gasteiger partial charge in [-0.3, -0.25) is 4.90 Å². The largest absolute Gasteiger partial charge is 0.389 e. The zero-order valence-electron chi connectivity index (χ0n) is 11.6. The Kier molecular flexibility index (Phi) is 4.21. The molecule has 4 heteroatoms. The summed E-state index contributed by atoms with van der Waals surface area (Å²) in [5.74, 6) is -0.230. The average molecular weight is 280 g/mol. The molecule has 0 bridgehead atoms. The molecule has 2 N–H and O–H groups in total. The lowest BCUT2D eigenvalue weighted by Gasteiger charge is -2.38. The van der Waals surface area contributed by atoms with E-state index in [4.69, 9.17) is 18.0 Å². The molecular weight excluding hydrogens is 259 g/mol. The van der Waals surface area contributed by atoms with Crippen molar-refractivity contribution in [3.05, 3.63) is 35.1 Å². The maximum Gasteiger partial charge on any atom is 0.123 e. The van der Waals surface area contributed by atoms with Crippen molar-refractivity contribution in [2.24, 2.45) is 11.1 Å². The van der Waals surface area contributed by atoms with Crippen molar-refractivity contribution in [1.82, 2.24) is 4.90 Å². The molecule has 0 unspecified atom stereocenters. The molecule has 19 heavy (non-hydrogen) atoms. The summed E-state index contributed by atoms with van der Waals surface area (Å²) < 4.78 is 13.4. The van der Waals surface area contributed by atoms with E-state index in [1.807, 2.05) is 0 Å². The number of rotatable bonds is 3. The third-order valence-electron chi connectivity index (χ3n) is 3.71. The molecule has 0 saturated carbocycles. The summed E-state index contributed by atoms with van der Waals surface area (Å²) in [7, 11) is 0. The van der Waals surface area contributed by atoms with Crippen LogP contribution in [0.1, 0.15) is 37.8 Å². The quantitative estimate of drug-likeness (QED) is 0.863. The van der Waals surface area contributed by atoms with Gasteiger partial charge in [0.25, 0.3) is 0 Å². The van der Waals surface area contributed by atoms with Crippen LogP contribution in [0.15, 0.2) is 18.2 Å². The number of piperidine rings is 1. The summed E-state index contributed by atoms with van der Waals surface area (Å²) >= 11 is 5.04. The van der Waals surface area contributed by atoms with E-state index in [2.05, 4.69) is 18.7 Å². The number of halogens is 1. The lowest BCUT2D eigenvalue weighted by molar-refractivity contribution is 0.111. The van der Waals surface area contributed by atoms with Crippen molar-refractivity contribution < 1.29 is 4.39 Å².